The second kappa shape index (κ2) is 10.2. The first-order valence-electron chi connectivity index (χ1n) is 13.9. The van der Waals surface area contributed by atoms with Gasteiger partial charge in [-0.15, -0.1) is 11.3 Å². The standard InChI is InChI=1S/C31H32F4N4OS/c1-19-17-39(11-10-29(19)8-6-21-4-2-3-5-25(21)29)24-7-9-30(15-24,26-18-41-28(36)38-26)27(40)37-16-20-12-22(31(33,34)35)14-23(32)13-20/h2-6,8,12-14,18-19,24H,7,9-11,15-17H2,1H3,(H2,36,38)(H,37,40). The first kappa shape index (κ1) is 27.9. The molecule has 1 aromatic heterocycles. The van der Waals surface area contributed by atoms with Crippen molar-refractivity contribution in [3.05, 3.63) is 87.7 Å². The number of anilines is 1. The number of alkyl halides is 3. The average Bonchev–Trinajstić information content (AvgIpc) is 3.67. The lowest BCUT2D eigenvalue weighted by Crippen LogP contribution is -2.51. The van der Waals surface area contributed by atoms with Gasteiger partial charge in [-0.1, -0.05) is 43.3 Å². The lowest BCUT2D eigenvalue weighted by atomic mass is 9.67. The summed E-state index contributed by atoms with van der Waals surface area (Å²) in [6, 6.07) is 11.1. The van der Waals surface area contributed by atoms with Gasteiger partial charge in [0.2, 0.25) is 5.91 Å². The van der Waals surface area contributed by atoms with Crippen LogP contribution in [-0.4, -0.2) is 34.9 Å². The van der Waals surface area contributed by atoms with E-state index in [0.29, 0.717) is 35.7 Å². The van der Waals surface area contributed by atoms with Crippen molar-refractivity contribution in [1.82, 2.24) is 15.2 Å². The third-order valence-electron chi connectivity index (χ3n) is 9.41. The topological polar surface area (TPSA) is 71.2 Å². The highest BCUT2D eigenvalue weighted by molar-refractivity contribution is 7.13. The zero-order valence-electron chi connectivity index (χ0n) is 22.7. The van der Waals surface area contributed by atoms with E-state index in [9.17, 15) is 22.4 Å². The number of benzene rings is 2. The monoisotopic (exact) mass is 584 g/mol. The number of fused-ring (bicyclic) bond motifs is 2. The van der Waals surface area contributed by atoms with Crippen molar-refractivity contribution in [2.75, 3.05) is 18.8 Å². The predicted molar refractivity (Wildman–Crippen MR) is 152 cm³/mol. The number of nitrogens with two attached hydrogens (primary N) is 1. The van der Waals surface area contributed by atoms with Crippen LogP contribution in [0.4, 0.5) is 22.7 Å². The number of thiazole rings is 1. The molecule has 6 rings (SSSR count). The lowest BCUT2D eigenvalue weighted by Gasteiger charge is -2.46. The van der Waals surface area contributed by atoms with Gasteiger partial charge in [-0.3, -0.25) is 9.69 Å². The summed E-state index contributed by atoms with van der Waals surface area (Å²) in [6.45, 7) is 3.86. The summed E-state index contributed by atoms with van der Waals surface area (Å²) < 4.78 is 53.6. The van der Waals surface area contributed by atoms with E-state index < -0.39 is 23.0 Å². The average molecular weight is 585 g/mol. The Morgan fingerprint density at radius 3 is 2.76 bits per heavy atom. The largest absolute Gasteiger partial charge is 0.416 e. The van der Waals surface area contributed by atoms with E-state index in [4.69, 9.17) is 5.73 Å². The molecule has 1 saturated carbocycles. The Labute approximate surface area is 240 Å². The van der Waals surface area contributed by atoms with Gasteiger partial charge < -0.3 is 11.1 Å². The number of nitrogens with one attached hydrogen (secondary N) is 1. The maximum Gasteiger partial charge on any atom is 0.416 e. The molecule has 41 heavy (non-hydrogen) atoms. The molecule has 2 fully saturated rings. The SMILES string of the molecule is CC1CN(C2CCC(C(=O)NCc3cc(F)cc(C(F)(F)F)c3)(c3csc(N)n3)C2)CCC12C=Cc1ccccc12. The molecule has 4 atom stereocenters. The summed E-state index contributed by atoms with van der Waals surface area (Å²) in [5.41, 5.74) is 7.24. The Balaban J connectivity index is 1.20. The van der Waals surface area contributed by atoms with Crippen molar-refractivity contribution in [1.29, 1.82) is 0 Å². The molecule has 0 bridgehead atoms. The normalized spacial score (nSPS) is 27.8. The molecule has 2 aromatic carbocycles. The van der Waals surface area contributed by atoms with Gasteiger partial charge in [0.05, 0.1) is 16.7 Å². The number of carbonyl (C=O) groups excluding carboxylic acids is 1. The minimum Gasteiger partial charge on any atom is -0.375 e. The van der Waals surface area contributed by atoms with E-state index in [-0.39, 0.29) is 29.5 Å². The van der Waals surface area contributed by atoms with Crippen molar-refractivity contribution >= 4 is 28.5 Å². The fourth-order valence-corrected chi connectivity index (χ4v) is 7.88. The van der Waals surface area contributed by atoms with E-state index in [1.165, 1.54) is 22.5 Å². The van der Waals surface area contributed by atoms with E-state index in [1.807, 2.05) is 0 Å². The molecule has 3 aliphatic rings. The van der Waals surface area contributed by atoms with Gasteiger partial charge in [-0.2, -0.15) is 13.2 Å². The number of halogens is 4. The summed E-state index contributed by atoms with van der Waals surface area (Å²) in [5, 5.41) is 4.96. The van der Waals surface area contributed by atoms with Crippen molar-refractivity contribution < 1.29 is 22.4 Å². The summed E-state index contributed by atoms with van der Waals surface area (Å²) >= 11 is 1.26. The van der Waals surface area contributed by atoms with Crippen molar-refractivity contribution in [3.63, 3.8) is 0 Å². The van der Waals surface area contributed by atoms with Gasteiger partial charge >= 0.3 is 6.18 Å². The zero-order chi connectivity index (χ0) is 29.0. The Hall–Kier alpha value is -3.24. The maximum atomic E-state index is 14.0. The van der Waals surface area contributed by atoms with E-state index in [1.54, 1.807) is 5.38 Å². The fraction of sp³-hybridized carbons (Fsp3) is 0.419. The van der Waals surface area contributed by atoms with Gasteiger partial charge in [-0.25, -0.2) is 9.37 Å². The van der Waals surface area contributed by atoms with E-state index >= 15 is 0 Å². The molecule has 2 heterocycles. The number of piperidine rings is 1. The molecule has 3 N–H and O–H groups in total. The molecule has 1 saturated heterocycles. The van der Waals surface area contributed by atoms with Crippen LogP contribution in [0.25, 0.3) is 6.08 Å². The van der Waals surface area contributed by atoms with Gasteiger partial charge in [0.15, 0.2) is 5.13 Å². The molecule has 1 amide bonds. The van der Waals surface area contributed by atoms with Crippen LogP contribution in [0.1, 0.15) is 60.6 Å². The molecule has 4 unspecified atom stereocenters. The quantitative estimate of drug-likeness (QED) is 0.346. The van der Waals surface area contributed by atoms with E-state index in [2.05, 4.69) is 58.5 Å². The van der Waals surface area contributed by atoms with Crippen molar-refractivity contribution in [2.24, 2.45) is 5.92 Å². The highest BCUT2D eigenvalue weighted by Gasteiger charge is 2.52. The molecule has 2 aliphatic carbocycles. The third-order valence-corrected chi connectivity index (χ3v) is 10.1. The lowest BCUT2D eigenvalue weighted by molar-refractivity contribution is -0.137. The Morgan fingerprint density at radius 1 is 1.22 bits per heavy atom. The molecule has 0 radical (unpaired) electrons. The second-order valence-electron chi connectivity index (χ2n) is 11.7. The number of allylic oxidation sites excluding steroid dienone is 1. The number of nitrogen functional groups attached to an aromatic ring is 1. The van der Waals surface area contributed by atoms with E-state index in [0.717, 1.165) is 38.1 Å². The number of carbonyl (C=O) groups is 1. The molecule has 1 aliphatic heterocycles. The van der Waals surface area contributed by atoms with Crippen LogP contribution in [0.3, 0.4) is 0 Å². The van der Waals surface area contributed by atoms with Gasteiger partial charge in [0, 0.05) is 29.9 Å². The minimum absolute atomic E-state index is 0.0176. The molecule has 3 aromatic rings. The third kappa shape index (κ3) is 4.95. The first-order valence-corrected chi connectivity index (χ1v) is 14.8. The number of aromatic nitrogens is 1. The summed E-state index contributed by atoms with van der Waals surface area (Å²) in [6.07, 6.45) is 2.76. The maximum absolute atomic E-state index is 14.0. The van der Waals surface area contributed by atoms with Crippen LogP contribution in [0, 0.1) is 11.7 Å². The van der Waals surface area contributed by atoms with Crippen LogP contribution in [-0.2, 0) is 28.3 Å². The number of amides is 1. The fourth-order valence-electron chi connectivity index (χ4n) is 7.22. The van der Waals surface area contributed by atoms with Crippen LogP contribution in [0.15, 0.2) is 53.9 Å². The van der Waals surface area contributed by atoms with Gasteiger partial charge in [0.25, 0.3) is 0 Å². The Morgan fingerprint density at radius 2 is 2.02 bits per heavy atom. The number of hydrogen-bond donors (Lipinski definition) is 2. The number of hydrogen-bond acceptors (Lipinski definition) is 5. The number of rotatable bonds is 5. The van der Waals surface area contributed by atoms with Crippen LogP contribution in [0.5, 0.6) is 0 Å². The molecule has 216 valence electrons. The minimum atomic E-state index is -4.68. The Kier molecular flexibility index (Phi) is 6.97. The number of nitrogens with zero attached hydrogens (tertiary/aromatic N) is 2. The number of likely N-dealkylation sites (tertiary alicyclic amines) is 1. The van der Waals surface area contributed by atoms with Crippen LogP contribution in [0.2, 0.25) is 0 Å². The van der Waals surface area contributed by atoms with Crippen LogP contribution >= 0.6 is 11.3 Å². The zero-order valence-corrected chi connectivity index (χ0v) is 23.5. The molecular weight excluding hydrogens is 552 g/mol. The molecule has 1 spiro atoms. The summed E-state index contributed by atoms with van der Waals surface area (Å²) in [4.78, 5) is 20.8. The molecular formula is C31H32F4N4OS. The predicted octanol–water partition coefficient (Wildman–Crippen LogP) is 6.30. The highest BCUT2D eigenvalue weighted by atomic mass is 32.1. The first-order chi connectivity index (χ1) is 19.5. The summed E-state index contributed by atoms with van der Waals surface area (Å²) in [5.74, 6) is -0.938. The summed E-state index contributed by atoms with van der Waals surface area (Å²) in [7, 11) is 0. The molecule has 5 nitrogen and oxygen atoms in total. The van der Waals surface area contributed by atoms with Crippen molar-refractivity contribution in [2.45, 2.75) is 62.2 Å². The highest BCUT2D eigenvalue weighted by Crippen LogP contribution is 2.50. The Bertz CT molecular complexity index is 1500. The van der Waals surface area contributed by atoms with Gasteiger partial charge in [0.1, 0.15) is 5.82 Å². The van der Waals surface area contributed by atoms with Crippen molar-refractivity contribution in [3.8, 4) is 0 Å². The van der Waals surface area contributed by atoms with Crippen LogP contribution < -0.4 is 11.1 Å². The smallest absolute Gasteiger partial charge is 0.375 e. The molecule has 10 heteroatoms. The second-order valence-corrected chi connectivity index (χ2v) is 12.6. The van der Waals surface area contributed by atoms with Gasteiger partial charge in [-0.05, 0) is 73.0 Å².